The quantitative estimate of drug-likeness (QED) is 0.798. The smallest absolute Gasteiger partial charge is 0.320 e. The number of carbonyl (C=O) groups excluding carboxylic acids is 1. The lowest BCUT2D eigenvalue weighted by atomic mass is 10.0. The minimum atomic E-state index is -0.797. The summed E-state index contributed by atoms with van der Waals surface area (Å²) in [5.41, 5.74) is 0. The SMILES string of the molecule is CCC(C)CC(=O)N1CCN(C(C)C(=O)O)CC1. The van der Waals surface area contributed by atoms with Crippen molar-refractivity contribution < 1.29 is 14.7 Å². The van der Waals surface area contributed by atoms with Gasteiger partial charge in [0.2, 0.25) is 5.91 Å². The summed E-state index contributed by atoms with van der Waals surface area (Å²) in [4.78, 5) is 26.6. The largest absolute Gasteiger partial charge is 0.480 e. The molecule has 0 saturated carbocycles. The van der Waals surface area contributed by atoms with Crippen LogP contribution in [0.15, 0.2) is 0 Å². The van der Waals surface area contributed by atoms with Crippen molar-refractivity contribution in [1.29, 1.82) is 0 Å². The van der Waals surface area contributed by atoms with E-state index >= 15 is 0 Å². The van der Waals surface area contributed by atoms with Crippen molar-refractivity contribution in [1.82, 2.24) is 9.80 Å². The maximum absolute atomic E-state index is 12.0. The predicted molar refractivity (Wildman–Crippen MR) is 69.3 cm³/mol. The molecule has 0 radical (unpaired) electrons. The molecule has 18 heavy (non-hydrogen) atoms. The summed E-state index contributed by atoms with van der Waals surface area (Å²) in [5, 5.41) is 8.94. The lowest BCUT2D eigenvalue weighted by Gasteiger charge is -2.36. The highest BCUT2D eigenvalue weighted by Gasteiger charge is 2.27. The lowest BCUT2D eigenvalue weighted by molar-refractivity contribution is -0.144. The van der Waals surface area contributed by atoms with Gasteiger partial charge < -0.3 is 10.0 Å². The molecule has 0 aromatic carbocycles. The van der Waals surface area contributed by atoms with E-state index in [2.05, 4.69) is 13.8 Å². The maximum atomic E-state index is 12.0. The number of rotatable bonds is 5. The fourth-order valence-electron chi connectivity index (χ4n) is 2.09. The van der Waals surface area contributed by atoms with Crippen molar-refractivity contribution in [3.05, 3.63) is 0 Å². The highest BCUT2D eigenvalue weighted by molar-refractivity contribution is 5.76. The molecular formula is C13H24N2O3. The third kappa shape index (κ3) is 3.98. The van der Waals surface area contributed by atoms with Crippen LogP contribution in [-0.2, 0) is 9.59 Å². The number of piperazine rings is 1. The molecule has 1 heterocycles. The molecule has 1 aliphatic rings. The number of aliphatic carboxylic acids is 1. The molecule has 5 heteroatoms. The molecule has 0 bridgehead atoms. The Balaban J connectivity index is 2.39. The summed E-state index contributed by atoms with van der Waals surface area (Å²) >= 11 is 0. The van der Waals surface area contributed by atoms with E-state index in [1.54, 1.807) is 6.92 Å². The van der Waals surface area contributed by atoms with Crippen LogP contribution in [-0.4, -0.2) is 59.0 Å². The van der Waals surface area contributed by atoms with E-state index in [0.717, 1.165) is 6.42 Å². The van der Waals surface area contributed by atoms with Crippen LogP contribution in [0.3, 0.4) is 0 Å². The molecule has 104 valence electrons. The fraction of sp³-hybridized carbons (Fsp3) is 0.846. The second-order valence-electron chi connectivity index (χ2n) is 5.15. The van der Waals surface area contributed by atoms with Crippen molar-refractivity contribution in [2.24, 2.45) is 5.92 Å². The van der Waals surface area contributed by atoms with Gasteiger partial charge in [-0.05, 0) is 12.8 Å². The Labute approximate surface area is 109 Å². The standard InChI is InChI=1S/C13H24N2O3/c1-4-10(2)9-12(16)15-7-5-14(6-8-15)11(3)13(17)18/h10-11H,4-9H2,1-3H3,(H,17,18). The number of hydrogen-bond donors (Lipinski definition) is 1. The highest BCUT2D eigenvalue weighted by atomic mass is 16.4. The normalized spacial score (nSPS) is 20.5. The first-order chi connectivity index (χ1) is 8.45. The average molecular weight is 256 g/mol. The molecule has 1 saturated heterocycles. The van der Waals surface area contributed by atoms with Gasteiger partial charge >= 0.3 is 5.97 Å². The number of carboxylic acid groups (broad SMARTS) is 1. The number of carboxylic acids is 1. The lowest BCUT2D eigenvalue weighted by Crippen LogP contribution is -2.53. The summed E-state index contributed by atoms with van der Waals surface area (Å²) in [5.74, 6) is -0.171. The zero-order valence-corrected chi connectivity index (χ0v) is 11.6. The predicted octanol–water partition coefficient (Wildman–Crippen LogP) is 1.04. The van der Waals surface area contributed by atoms with Crippen molar-refractivity contribution in [3.63, 3.8) is 0 Å². The number of nitrogens with zero attached hydrogens (tertiary/aromatic N) is 2. The van der Waals surface area contributed by atoms with E-state index < -0.39 is 12.0 Å². The van der Waals surface area contributed by atoms with Gasteiger partial charge in [0.1, 0.15) is 6.04 Å². The van der Waals surface area contributed by atoms with Crippen LogP contribution < -0.4 is 0 Å². The molecule has 1 rings (SSSR count). The van der Waals surface area contributed by atoms with E-state index in [-0.39, 0.29) is 5.91 Å². The summed E-state index contributed by atoms with van der Waals surface area (Å²) in [6.07, 6.45) is 1.62. The Hall–Kier alpha value is -1.10. The molecule has 1 aliphatic heterocycles. The first kappa shape index (κ1) is 15.0. The first-order valence-electron chi connectivity index (χ1n) is 6.70. The Kier molecular flexibility index (Phi) is 5.59. The number of hydrogen-bond acceptors (Lipinski definition) is 3. The molecule has 0 spiro atoms. The van der Waals surface area contributed by atoms with Crippen LogP contribution in [0.5, 0.6) is 0 Å². The summed E-state index contributed by atoms with van der Waals surface area (Å²) in [7, 11) is 0. The van der Waals surface area contributed by atoms with Crippen LogP contribution in [0.2, 0.25) is 0 Å². The molecule has 0 aliphatic carbocycles. The van der Waals surface area contributed by atoms with Crippen LogP contribution in [0.4, 0.5) is 0 Å². The second-order valence-corrected chi connectivity index (χ2v) is 5.15. The highest BCUT2D eigenvalue weighted by Crippen LogP contribution is 2.12. The Bertz CT molecular complexity index is 299. The number of carbonyl (C=O) groups is 2. The second kappa shape index (κ2) is 6.73. The van der Waals surface area contributed by atoms with Crippen LogP contribution in [0, 0.1) is 5.92 Å². The third-order valence-corrected chi connectivity index (χ3v) is 3.79. The van der Waals surface area contributed by atoms with Gasteiger partial charge in [0.15, 0.2) is 0 Å². The Morgan fingerprint density at radius 1 is 1.17 bits per heavy atom. The van der Waals surface area contributed by atoms with Crippen LogP contribution in [0.1, 0.15) is 33.6 Å². The molecular weight excluding hydrogens is 232 g/mol. The van der Waals surface area contributed by atoms with E-state index in [1.807, 2.05) is 9.80 Å². The van der Waals surface area contributed by atoms with Crippen LogP contribution in [0.25, 0.3) is 0 Å². The molecule has 0 aromatic rings. The van der Waals surface area contributed by atoms with Gasteiger partial charge in [0.25, 0.3) is 0 Å². The Morgan fingerprint density at radius 3 is 2.17 bits per heavy atom. The van der Waals surface area contributed by atoms with Gasteiger partial charge in [0.05, 0.1) is 0 Å². The third-order valence-electron chi connectivity index (χ3n) is 3.79. The molecule has 1 N–H and O–H groups in total. The molecule has 0 aromatic heterocycles. The first-order valence-corrected chi connectivity index (χ1v) is 6.70. The van der Waals surface area contributed by atoms with Crippen molar-refractivity contribution in [3.8, 4) is 0 Å². The molecule has 1 amide bonds. The molecule has 1 fully saturated rings. The van der Waals surface area contributed by atoms with E-state index in [9.17, 15) is 9.59 Å². The summed E-state index contributed by atoms with van der Waals surface area (Å²) in [6.45, 7) is 8.46. The zero-order valence-electron chi connectivity index (χ0n) is 11.6. The average Bonchev–Trinajstić information content (AvgIpc) is 2.37. The van der Waals surface area contributed by atoms with Crippen molar-refractivity contribution in [2.45, 2.75) is 39.7 Å². The molecule has 5 nitrogen and oxygen atoms in total. The molecule has 2 unspecified atom stereocenters. The molecule has 2 atom stereocenters. The van der Waals surface area contributed by atoms with Gasteiger partial charge in [0, 0.05) is 32.6 Å². The summed E-state index contributed by atoms with van der Waals surface area (Å²) < 4.78 is 0. The van der Waals surface area contributed by atoms with Gasteiger partial charge in [-0.2, -0.15) is 0 Å². The van der Waals surface area contributed by atoms with Gasteiger partial charge in [-0.3, -0.25) is 14.5 Å². The van der Waals surface area contributed by atoms with Crippen molar-refractivity contribution in [2.75, 3.05) is 26.2 Å². The minimum Gasteiger partial charge on any atom is -0.480 e. The van der Waals surface area contributed by atoms with Gasteiger partial charge in [-0.1, -0.05) is 20.3 Å². The van der Waals surface area contributed by atoms with E-state index in [4.69, 9.17) is 5.11 Å². The van der Waals surface area contributed by atoms with Gasteiger partial charge in [-0.25, -0.2) is 0 Å². The van der Waals surface area contributed by atoms with E-state index in [1.165, 1.54) is 0 Å². The maximum Gasteiger partial charge on any atom is 0.320 e. The number of amides is 1. The Morgan fingerprint density at radius 2 is 1.72 bits per heavy atom. The zero-order chi connectivity index (χ0) is 13.7. The topological polar surface area (TPSA) is 60.9 Å². The van der Waals surface area contributed by atoms with Gasteiger partial charge in [-0.15, -0.1) is 0 Å². The minimum absolute atomic E-state index is 0.201. The van der Waals surface area contributed by atoms with Crippen LogP contribution >= 0.6 is 0 Å². The monoisotopic (exact) mass is 256 g/mol. The van der Waals surface area contributed by atoms with Crippen molar-refractivity contribution >= 4 is 11.9 Å². The fourth-order valence-corrected chi connectivity index (χ4v) is 2.09. The van der Waals surface area contributed by atoms with E-state index in [0.29, 0.717) is 38.5 Å². The summed E-state index contributed by atoms with van der Waals surface area (Å²) in [6, 6.07) is -0.461.